The van der Waals surface area contributed by atoms with Crippen molar-refractivity contribution in [1.29, 1.82) is 0 Å². The zero-order valence-electron chi connectivity index (χ0n) is 11.8. The van der Waals surface area contributed by atoms with E-state index in [1.54, 1.807) is 0 Å². The fourth-order valence-electron chi connectivity index (χ4n) is 1.96. The minimum Gasteiger partial charge on any atom is -0.478 e. The standard InChI is InChI=1S/C12H20N2O5S/c1-8(9(2)12(16)17)11(15)13-10-4-6-14(7-5-10)20(3,18)19/h10H,4-7H2,1-3H3,(H,13,15)(H,16,17). The molecule has 0 spiro atoms. The fourth-order valence-corrected chi connectivity index (χ4v) is 2.83. The normalized spacial score (nSPS) is 19.4. The van der Waals surface area contributed by atoms with E-state index in [9.17, 15) is 18.0 Å². The van der Waals surface area contributed by atoms with Gasteiger partial charge in [-0.3, -0.25) is 4.79 Å². The Balaban J connectivity index is 2.59. The van der Waals surface area contributed by atoms with Gasteiger partial charge in [-0.1, -0.05) is 0 Å². The van der Waals surface area contributed by atoms with Crippen LogP contribution >= 0.6 is 0 Å². The third kappa shape index (κ3) is 4.31. The molecule has 0 unspecified atom stereocenters. The molecule has 0 aromatic heterocycles. The molecule has 1 heterocycles. The molecule has 114 valence electrons. The van der Waals surface area contributed by atoms with E-state index in [4.69, 9.17) is 5.11 Å². The number of hydrogen-bond acceptors (Lipinski definition) is 4. The zero-order chi connectivity index (χ0) is 15.5. The average Bonchev–Trinajstić information content (AvgIpc) is 2.36. The van der Waals surface area contributed by atoms with E-state index in [0.29, 0.717) is 25.9 Å². The number of rotatable bonds is 4. The highest BCUT2D eigenvalue weighted by Crippen LogP contribution is 2.14. The first-order valence-corrected chi connectivity index (χ1v) is 8.14. The molecule has 0 aromatic rings. The summed E-state index contributed by atoms with van der Waals surface area (Å²) in [6, 6.07) is -0.128. The van der Waals surface area contributed by atoms with Crippen LogP contribution in [0.4, 0.5) is 0 Å². The molecule has 0 bridgehead atoms. The van der Waals surface area contributed by atoms with Crippen molar-refractivity contribution >= 4 is 21.9 Å². The summed E-state index contributed by atoms with van der Waals surface area (Å²) in [5.41, 5.74) is 0.180. The lowest BCUT2D eigenvalue weighted by atomic mass is 10.1. The van der Waals surface area contributed by atoms with E-state index in [-0.39, 0.29) is 17.2 Å². The Bertz CT molecular complexity index is 530. The van der Waals surface area contributed by atoms with Gasteiger partial charge >= 0.3 is 5.97 Å². The lowest BCUT2D eigenvalue weighted by Gasteiger charge is -2.30. The van der Waals surface area contributed by atoms with Crippen LogP contribution in [0.5, 0.6) is 0 Å². The van der Waals surface area contributed by atoms with Crippen molar-refractivity contribution < 1.29 is 23.1 Å². The Morgan fingerprint density at radius 1 is 1.15 bits per heavy atom. The molecular formula is C12H20N2O5S. The third-order valence-corrected chi connectivity index (χ3v) is 4.79. The number of nitrogens with one attached hydrogen (secondary N) is 1. The first-order chi connectivity index (χ1) is 9.12. The van der Waals surface area contributed by atoms with E-state index in [0.717, 1.165) is 6.26 Å². The lowest BCUT2D eigenvalue weighted by Crippen LogP contribution is -2.46. The summed E-state index contributed by atoms with van der Waals surface area (Å²) in [5, 5.41) is 11.6. The van der Waals surface area contributed by atoms with Crippen LogP contribution < -0.4 is 5.32 Å². The van der Waals surface area contributed by atoms with Crippen molar-refractivity contribution in [1.82, 2.24) is 9.62 Å². The van der Waals surface area contributed by atoms with Crippen molar-refractivity contribution in [2.24, 2.45) is 0 Å². The molecule has 1 fully saturated rings. The van der Waals surface area contributed by atoms with E-state index in [2.05, 4.69) is 5.32 Å². The van der Waals surface area contributed by atoms with Gasteiger partial charge in [0.05, 0.1) is 6.26 Å². The number of sulfonamides is 1. The molecule has 2 N–H and O–H groups in total. The molecule has 1 aliphatic rings. The van der Waals surface area contributed by atoms with Gasteiger partial charge in [-0.05, 0) is 26.7 Å². The van der Waals surface area contributed by atoms with E-state index in [1.807, 2.05) is 0 Å². The van der Waals surface area contributed by atoms with Crippen molar-refractivity contribution in [2.75, 3.05) is 19.3 Å². The minimum atomic E-state index is -3.19. The van der Waals surface area contributed by atoms with Crippen LogP contribution in [-0.2, 0) is 19.6 Å². The molecule has 8 heteroatoms. The summed E-state index contributed by atoms with van der Waals surface area (Å²) in [6.07, 6.45) is 2.21. The SMILES string of the molecule is CC(C(=O)O)=C(C)C(=O)NC1CCN(S(C)(=O)=O)CC1. The third-order valence-electron chi connectivity index (χ3n) is 3.48. The summed E-state index contributed by atoms with van der Waals surface area (Å²) in [4.78, 5) is 22.7. The largest absolute Gasteiger partial charge is 0.478 e. The fraction of sp³-hybridized carbons (Fsp3) is 0.667. The molecule has 0 saturated carbocycles. The van der Waals surface area contributed by atoms with Crippen LogP contribution in [0.2, 0.25) is 0 Å². The lowest BCUT2D eigenvalue weighted by molar-refractivity contribution is -0.133. The summed E-state index contributed by atoms with van der Waals surface area (Å²) in [5.74, 6) is -1.53. The van der Waals surface area contributed by atoms with Crippen LogP contribution in [-0.4, -0.2) is 55.1 Å². The van der Waals surface area contributed by atoms with Gasteiger partial charge in [0, 0.05) is 30.3 Å². The highest BCUT2D eigenvalue weighted by molar-refractivity contribution is 7.88. The molecule has 0 aromatic carbocycles. The van der Waals surface area contributed by atoms with Gasteiger partial charge in [0.1, 0.15) is 0 Å². The number of carboxylic acid groups (broad SMARTS) is 1. The van der Waals surface area contributed by atoms with Crippen LogP contribution in [0, 0.1) is 0 Å². The first kappa shape index (κ1) is 16.6. The van der Waals surface area contributed by atoms with Gasteiger partial charge in [0.25, 0.3) is 0 Å². The second-order valence-corrected chi connectivity index (χ2v) is 6.95. The average molecular weight is 304 g/mol. The molecule has 1 amide bonds. The maximum absolute atomic E-state index is 11.9. The molecule has 0 radical (unpaired) electrons. The Morgan fingerprint density at radius 2 is 1.65 bits per heavy atom. The van der Waals surface area contributed by atoms with Crippen LogP contribution in [0.25, 0.3) is 0 Å². The molecule has 20 heavy (non-hydrogen) atoms. The molecular weight excluding hydrogens is 284 g/mol. The number of nitrogens with zero attached hydrogens (tertiary/aromatic N) is 1. The van der Waals surface area contributed by atoms with E-state index < -0.39 is 21.9 Å². The summed E-state index contributed by atoms with van der Waals surface area (Å²) < 4.78 is 24.1. The van der Waals surface area contributed by atoms with E-state index in [1.165, 1.54) is 18.2 Å². The molecule has 0 aliphatic carbocycles. The number of amides is 1. The van der Waals surface area contributed by atoms with Crippen LogP contribution in [0.1, 0.15) is 26.7 Å². The number of piperidine rings is 1. The maximum atomic E-state index is 11.9. The van der Waals surface area contributed by atoms with Gasteiger partial charge in [0.15, 0.2) is 0 Å². The molecule has 1 saturated heterocycles. The van der Waals surface area contributed by atoms with Crippen LogP contribution in [0.15, 0.2) is 11.1 Å². The van der Waals surface area contributed by atoms with Gasteiger partial charge in [-0.15, -0.1) is 0 Å². The molecule has 7 nitrogen and oxygen atoms in total. The number of aliphatic carboxylic acids is 1. The Hall–Kier alpha value is -1.41. The Morgan fingerprint density at radius 3 is 2.05 bits per heavy atom. The predicted molar refractivity (Wildman–Crippen MR) is 73.6 cm³/mol. The zero-order valence-corrected chi connectivity index (χ0v) is 12.7. The topological polar surface area (TPSA) is 104 Å². The van der Waals surface area contributed by atoms with Crippen molar-refractivity contribution in [2.45, 2.75) is 32.7 Å². The quantitative estimate of drug-likeness (QED) is 0.709. The summed E-state index contributed by atoms with van der Waals surface area (Å²) >= 11 is 0. The Kier molecular flexibility index (Phi) is 5.29. The van der Waals surface area contributed by atoms with Gasteiger partial charge in [-0.2, -0.15) is 0 Å². The van der Waals surface area contributed by atoms with Gasteiger partial charge < -0.3 is 10.4 Å². The van der Waals surface area contributed by atoms with Crippen LogP contribution in [0.3, 0.4) is 0 Å². The highest BCUT2D eigenvalue weighted by Gasteiger charge is 2.26. The number of carbonyl (C=O) groups is 2. The number of carbonyl (C=O) groups excluding carboxylic acids is 1. The van der Waals surface area contributed by atoms with Gasteiger partial charge in [-0.25, -0.2) is 17.5 Å². The van der Waals surface area contributed by atoms with Crippen molar-refractivity contribution in [3.8, 4) is 0 Å². The molecule has 1 aliphatic heterocycles. The predicted octanol–water partition coefficient (Wildman–Crippen LogP) is -0.0524. The molecule has 0 atom stereocenters. The Labute approximate surface area is 118 Å². The van der Waals surface area contributed by atoms with E-state index >= 15 is 0 Å². The monoisotopic (exact) mass is 304 g/mol. The smallest absolute Gasteiger partial charge is 0.331 e. The summed E-state index contributed by atoms with van der Waals surface area (Å²) in [6.45, 7) is 3.57. The second-order valence-electron chi connectivity index (χ2n) is 4.96. The highest BCUT2D eigenvalue weighted by atomic mass is 32.2. The van der Waals surface area contributed by atoms with Crippen molar-refractivity contribution in [3.63, 3.8) is 0 Å². The van der Waals surface area contributed by atoms with Crippen molar-refractivity contribution in [3.05, 3.63) is 11.1 Å². The number of carboxylic acids is 1. The second kappa shape index (κ2) is 6.36. The maximum Gasteiger partial charge on any atom is 0.331 e. The summed E-state index contributed by atoms with van der Waals surface area (Å²) in [7, 11) is -3.19. The number of hydrogen-bond donors (Lipinski definition) is 2. The van der Waals surface area contributed by atoms with Gasteiger partial charge in [0.2, 0.25) is 15.9 Å². The molecule has 1 rings (SSSR count). The minimum absolute atomic E-state index is 0.0103. The first-order valence-electron chi connectivity index (χ1n) is 6.29.